The van der Waals surface area contributed by atoms with Gasteiger partial charge in [-0.15, -0.1) is 0 Å². The summed E-state index contributed by atoms with van der Waals surface area (Å²) in [7, 11) is 0. The molecule has 46 heavy (non-hydrogen) atoms. The maximum absolute atomic E-state index is 5.11. The van der Waals surface area contributed by atoms with E-state index in [-0.39, 0.29) is 0 Å². The van der Waals surface area contributed by atoms with Gasteiger partial charge in [-0.05, 0) is 69.1 Å². The highest BCUT2D eigenvalue weighted by molar-refractivity contribution is 5.96. The van der Waals surface area contributed by atoms with E-state index in [0.717, 1.165) is 52.0 Å². The van der Waals surface area contributed by atoms with Crippen molar-refractivity contribution >= 4 is 16.3 Å². The van der Waals surface area contributed by atoms with Crippen LogP contribution in [0.5, 0.6) is 0 Å². The van der Waals surface area contributed by atoms with Gasteiger partial charge in [0.15, 0.2) is 5.82 Å². The van der Waals surface area contributed by atoms with E-state index in [1.54, 1.807) is 6.20 Å². The van der Waals surface area contributed by atoms with Gasteiger partial charge in [0.25, 0.3) is 0 Å². The van der Waals surface area contributed by atoms with Crippen LogP contribution in [0.1, 0.15) is 18.4 Å². The summed E-state index contributed by atoms with van der Waals surface area (Å²) in [6.07, 6.45) is 12.7. The van der Waals surface area contributed by atoms with E-state index in [0.29, 0.717) is 5.82 Å². The first kappa shape index (κ1) is 27.6. The van der Waals surface area contributed by atoms with Crippen molar-refractivity contribution in [3.05, 3.63) is 170 Å². The number of aromatic nitrogens is 3. The third-order valence-corrected chi connectivity index (χ3v) is 8.65. The highest BCUT2D eigenvalue weighted by Crippen LogP contribution is 2.33. The molecule has 0 bridgehead atoms. The zero-order chi connectivity index (χ0) is 30.7. The van der Waals surface area contributed by atoms with Crippen LogP contribution in [-0.2, 0) is 0 Å². The smallest absolute Gasteiger partial charge is 0.160 e. The Balaban J connectivity index is 1.19. The topological polar surface area (TPSA) is 38.7 Å². The molecule has 5 aromatic carbocycles. The first-order chi connectivity index (χ1) is 22.8. The van der Waals surface area contributed by atoms with Gasteiger partial charge in [0.05, 0.1) is 11.4 Å². The zero-order valence-corrected chi connectivity index (χ0v) is 25.3. The number of hydrogen-bond donors (Lipinski definition) is 0. The SMILES string of the molecule is C1=CC(c2ccc(-c3cc(-c4ccc(-c5cccnc5)cc4)nc(-c4ccc(-c5cccc6ccccc56)cc4)n3)cc2)=CCC1. The van der Waals surface area contributed by atoms with Crippen LogP contribution in [0.25, 0.3) is 72.5 Å². The average molecular weight is 590 g/mol. The van der Waals surface area contributed by atoms with Gasteiger partial charge in [-0.2, -0.15) is 0 Å². The highest BCUT2D eigenvalue weighted by Gasteiger charge is 2.13. The number of nitrogens with zero attached hydrogens (tertiary/aromatic N) is 3. The molecular formula is C43H31N3. The van der Waals surface area contributed by atoms with Crippen LogP contribution in [0.3, 0.4) is 0 Å². The highest BCUT2D eigenvalue weighted by atomic mass is 14.9. The Bertz CT molecular complexity index is 2210. The molecule has 0 N–H and O–H groups in total. The second kappa shape index (κ2) is 12.2. The van der Waals surface area contributed by atoms with Crippen molar-refractivity contribution in [2.75, 3.05) is 0 Å². The van der Waals surface area contributed by atoms with E-state index in [4.69, 9.17) is 9.97 Å². The van der Waals surface area contributed by atoms with Gasteiger partial charge in [-0.25, -0.2) is 9.97 Å². The molecule has 0 fully saturated rings. The van der Waals surface area contributed by atoms with Gasteiger partial charge in [0.1, 0.15) is 0 Å². The van der Waals surface area contributed by atoms with Crippen LogP contribution in [0.4, 0.5) is 0 Å². The van der Waals surface area contributed by atoms with Crippen LogP contribution < -0.4 is 0 Å². The third kappa shape index (κ3) is 5.55. The normalized spacial score (nSPS) is 12.7. The Morgan fingerprint density at radius 2 is 1.13 bits per heavy atom. The fourth-order valence-electron chi connectivity index (χ4n) is 6.18. The van der Waals surface area contributed by atoms with E-state index in [9.17, 15) is 0 Å². The molecule has 1 aliphatic carbocycles. The Hall–Kier alpha value is -5.93. The van der Waals surface area contributed by atoms with Crippen molar-refractivity contribution in [1.82, 2.24) is 15.0 Å². The molecule has 0 spiro atoms. The van der Waals surface area contributed by atoms with Crippen molar-refractivity contribution in [3.8, 4) is 56.2 Å². The summed E-state index contributed by atoms with van der Waals surface area (Å²) < 4.78 is 0. The fourth-order valence-corrected chi connectivity index (χ4v) is 6.18. The summed E-state index contributed by atoms with van der Waals surface area (Å²) in [5, 5.41) is 2.48. The number of allylic oxidation sites excluding steroid dienone is 4. The molecule has 0 aliphatic heterocycles. The van der Waals surface area contributed by atoms with Gasteiger partial charge in [0.2, 0.25) is 0 Å². The molecule has 8 rings (SSSR count). The molecule has 3 nitrogen and oxygen atoms in total. The summed E-state index contributed by atoms with van der Waals surface area (Å²) in [5.41, 5.74) is 12.0. The Kier molecular flexibility index (Phi) is 7.33. The van der Waals surface area contributed by atoms with E-state index in [2.05, 4.69) is 151 Å². The quantitative estimate of drug-likeness (QED) is 0.194. The van der Waals surface area contributed by atoms with E-state index < -0.39 is 0 Å². The van der Waals surface area contributed by atoms with Crippen molar-refractivity contribution in [1.29, 1.82) is 0 Å². The Morgan fingerprint density at radius 3 is 1.83 bits per heavy atom. The number of fused-ring (bicyclic) bond motifs is 1. The molecule has 2 heterocycles. The lowest BCUT2D eigenvalue weighted by Gasteiger charge is -2.12. The molecule has 0 saturated carbocycles. The lowest BCUT2D eigenvalue weighted by molar-refractivity contribution is 1.04. The Morgan fingerprint density at radius 1 is 0.478 bits per heavy atom. The minimum Gasteiger partial charge on any atom is -0.264 e. The molecule has 218 valence electrons. The predicted molar refractivity (Wildman–Crippen MR) is 191 cm³/mol. The largest absolute Gasteiger partial charge is 0.264 e. The third-order valence-electron chi connectivity index (χ3n) is 8.65. The van der Waals surface area contributed by atoms with Crippen LogP contribution in [0.2, 0.25) is 0 Å². The van der Waals surface area contributed by atoms with Crippen LogP contribution >= 0.6 is 0 Å². The van der Waals surface area contributed by atoms with E-state index >= 15 is 0 Å². The lowest BCUT2D eigenvalue weighted by atomic mass is 9.97. The van der Waals surface area contributed by atoms with Gasteiger partial charge in [0, 0.05) is 29.1 Å². The van der Waals surface area contributed by atoms with Gasteiger partial charge >= 0.3 is 0 Å². The number of benzene rings is 5. The summed E-state index contributed by atoms with van der Waals surface area (Å²) in [5.74, 6) is 0.704. The first-order valence-electron chi connectivity index (χ1n) is 15.7. The maximum Gasteiger partial charge on any atom is 0.160 e. The number of hydrogen-bond acceptors (Lipinski definition) is 3. The van der Waals surface area contributed by atoms with Crippen LogP contribution in [-0.4, -0.2) is 15.0 Å². The molecule has 0 radical (unpaired) electrons. The molecule has 0 atom stereocenters. The number of rotatable bonds is 6. The summed E-state index contributed by atoms with van der Waals surface area (Å²) in [6, 6.07) is 47.0. The van der Waals surface area contributed by atoms with Gasteiger partial charge < -0.3 is 0 Å². The maximum atomic E-state index is 5.11. The minimum atomic E-state index is 0.704. The summed E-state index contributed by atoms with van der Waals surface area (Å²) in [6.45, 7) is 0. The first-order valence-corrected chi connectivity index (χ1v) is 15.7. The zero-order valence-electron chi connectivity index (χ0n) is 25.3. The van der Waals surface area contributed by atoms with Gasteiger partial charge in [-0.3, -0.25) is 4.98 Å². The average Bonchev–Trinajstić information content (AvgIpc) is 3.15. The fraction of sp³-hybridized carbons (Fsp3) is 0.0465. The van der Waals surface area contributed by atoms with E-state index in [1.165, 1.54) is 33.0 Å². The predicted octanol–water partition coefficient (Wildman–Crippen LogP) is 11.1. The molecule has 3 heteroatoms. The van der Waals surface area contributed by atoms with Gasteiger partial charge in [-0.1, -0.05) is 140 Å². The monoisotopic (exact) mass is 589 g/mol. The second-order valence-electron chi connectivity index (χ2n) is 11.6. The molecular weight excluding hydrogens is 558 g/mol. The van der Waals surface area contributed by atoms with Crippen LogP contribution in [0, 0.1) is 0 Å². The minimum absolute atomic E-state index is 0.704. The molecule has 7 aromatic rings. The Labute approximate surface area is 269 Å². The van der Waals surface area contributed by atoms with Crippen molar-refractivity contribution in [3.63, 3.8) is 0 Å². The molecule has 0 saturated heterocycles. The molecule has 0 amide bonds. The molecule has 0 unspecified atom stereocenters. The van der Waals surface area contributed by atoms with Crippen molar-refractivity contribution in [2.24, 2.45) is 0 Å². The lowest BCUT2D eigenvalue weighted by Crippen LogP contribution is -1.96. The molecule has 2 aromatic heterocycles. The summed E-state index contributed by atoms with van der Waals surface area (Å²) >= 11 is 0. The number of pyridine rings is 1. The summed E-state index contributed by atoms with van der Waals surface area (Å²) in [4.78, 5) is 14.5. The van der Waals surface area contributed by atoms with Crippen LogP contribution in [0.15, 0.2) is 164 Å². The van der Waals surface area contributed by atoms with E-state index in [1.807, 2.05) is 12.3 Å². The second-order valence-corrected chi connectivity index (χ2v) is 11.6. The standard InChI is InChI=1S/C43H31N3/c1-2-8-30(9-3-1)31-15-21-35(22-16-31)41-28-42(36-23-17-32(18-24-36)38-12-7-27-44-29-38)46-43(45-41)37-25-19-34(20-26-37)40-14-6-11-33-10-4-5-13-39(33)40/h2,4-29H,1,3H2. The molecule has 1 aliphatic rings. The van der Waals surface area contributed by atoms with Crippen molar-refractivity contribution < 1.29 is 0 Å². The van der Waals surface area contributed by atoms with Crippen molar-refractivity contribution in [2.45, 2.75) is 12.8 Å².